The predicted octanol–water partition coefficient (Wildman–Crippen LogP) is 0.127. The number of rotatable bonds is 8. The Balaban J connectivity index is 1.53. The first-order valence-corrected chi connectivity index (χ1v) is 10.8. The average Bonchev–Trinajstić information content (AvgIpc) is 3.24. The van der Waals surface area contributed by atoms with Crippen LogP contribution in [-0.2, 0) is 4.79 Å². The summed E-state index contributed by atoms with van der Waals surface area (Å²) in [7, 11) is 4.53. The van der Waals surface area contributed by atoms with E-state index in [4.69, 9.17) is 9.47 Å². The Kier molecular flexibility index (Phi) is 7.01. The van der Waals surface area contributed by atoms with Crippen LogP contribution in [0, 0.1) is 0 Å². The van der Waals surface area contributed by atoms with Crippen molar-refractivity contribution in [2.45, 2.75) is 12.1 Å². The van der Waals surface area contributed by atoms with E-state index in [1.807, 2.05) is 0 Å². The summed E-state index contributed by atoms with van der Waals surface area (Å²) in [5.41, 5.74) is 3.63. The largest absolute Gasteiger partial charge is 0.497 e. The van der Waals surface area contributed by atoms with E-state index in [-0.39, 0.29) is 24.9 Å². The molecule has 0 aliphatic carbocycles. The summed E-state index contributed by atoms with van der Waals surface area (Å²) < 4.78 is 12.4. The van der Waals surface area contributed by atoms with Crippen LogP contribution in [0.2, 0.25) is 0 Å². The molecule has 3 amide bonds. The smallest absolute Gasteiger partial charge is 0.414 e. The number of benzene rings is 1. The Morgan fingerprint density at radius 1 is 1.14 bits per heavy atom. The first-order chi connectivity index (χ1) is 16.9. The van der Waals surface area contributed by atoms with Gasteiger partial charge in [-0.2, -0.15) is 5.43 Å². The second-order valence-corrected chi connectivity index (χ2v) is 7.88. The lowest BCUT2D eigenvalue weighted by atomic mass is 10.1. The van der Waals surface area contributed by atoms with Gasteiger partial charge in [-0.1, -0.05) is 4.99 Å². The van der Waals surface area contributed by atoms with E-state index in [0.717, 1.165) is 10.5 Å². The number of aliphatic imine (C=N–C) groups is 1. The summed E-state index contributed by atoms with van der Waals surface area (Å²) in [5.74, 6) is 1.28. The number of β-amino-alcohol motifs (C(OH)–C–C–N with tert-alkyl or cyclic N) is 1. The first-order valence-electron chi connectivity index (χ1n) is 10.8. The highest BCUT2D eigenvalue weighted by molar-refractivity contribution is 6.22. The van der Waals surface area contributed by atoms with Crippen molar-refractivity contribution in [3.8, 4) is 11.5 Å². The molecule has 0 spiro atoms. The number of methoxy groups -OCH3 is 1. The van der Waals surface area contributed by atoms with Gasteiger partial charge >= 0.3 is 12.0 Å². The van der Waals surface area contributed by atoms with Crippen LogP contribution < -0.4 is 14.9 Å². The van der Waals surface area contributed by atoms with Crippen molar-refractivity contribution < 1.29 is 28.7 Å². The summed E-state index contributed by atoms with van der Waals surface area (Å²) in [6.07, 6.45) is 3.87. The monoisotopic (exact) mass is 480 g/mol. The van der Waals surface area contributed by atoms with Gasteiger partial charge in [-0.05, 0) is 42.0 Å². The number of nitrogens with zero attached hydrogens (tertiary/aromatic N) is 6. The van der Waals surface area contributed by atoms with Crippen LogP contribution >= 0.6 is 0 Å². The number of hydrogen-bond donors (Lipinski definition) is 2. The number of aliphatic hydroxyl groups excluding tert-OH is 1. The lowest BCUT2D eigenvalue weighted by Crippen LogP contribution is -2.62. The summed E-state index contributed by atoms with van der Waals surface area (Å²) in [5, 5.41) is 14.9. The minimum atomic E-state index is -0.978. The lowest BCUT2D eigenvalue weighted by molar-refractivity contribution is -0.545. The standard InChI is InChI=1S/C23H25N7O5/c1-28-20-19(21(32)29(2)23(28)33)30(22(26-20)27-25-12-15-8-10-24-11-9-15)13-16(31)14-35-18-6-4-17(34-3)5-7-18/h4-12,16,19,31H,13-14H2,1-3H3/p+1/b25-12+. The van der Waals surface area contributed by atoms with Crippen LogP contribution in [-0.4, -0.2) is 101 Å². The summed E-state index contributed by atoms with van der Waals surface area (Å²) in [6, 6.07) is 9.14. The molecule has 0 saturated carbocycles. The fraction of sp³-hybridized carbons (Fsp3) is 0.304. The van der Waals surface area contributed by atoms with Crippen LogP contribution in [0.3, 0.4) is 0 Å². The molecule has 2 N–H and O–H groups in total. The van der Waals surface area contributed by atoms with Crippen LogP contribution in [0.1, 0.15) is 5.56 Å². The van der Waals surface area contributed by atoms with E-state index in [1.54, 1.807) is 73.7 Å². The van der Waals surface area contributed by atoms with Crippen LogP contribution in [0.25, 0.3) is 0 Å². The molecule has 2 aliphatic rings. The summed E-state index contributed by atoms with van der Waals surface area (Å²) in [6.45, 7) is -0.0280. The van der Waals surface area contributed by atoms with E-state index < -0.39 is 24.1 Å². The van der Waals surface area contributed by atoms with E-state index in [1.165, 1.54) is 11.9 Å². The van der Waals surface area contributed by atoms with Crippen LogP contribution in [0.4, 0.5) is 4.79 Å². The Morgan fingerprint density at radius 2 is 1.83 bits per heavy atom. The molecule has 2 aromatic rings. The summed E-state index contributed by atoms with van der Waals surface area (Å²) in [4.78, 5) is 36.1. The molecular weight excluding hydrogens is 454 g/mol. The molecule has 4 rings (SSSR count). The quantitative estimate of drug-likeness (QED) is 0.312. The van der Waals surface area contributed by atoms with Crippen molar-refractivity contribution in [1.82, 2.24) is 20.2 Å². The Morgan fingerprint density at radius 3 is 2.51 bits per heavy atom. The average molecular weight is 481 g/mol. The molecule has 12 heteroatoms. The molecule has 1 aromatic heterocycles. The molecule has 182 valence electrons. The number of carbonyl (C=O) groups is 2. The molecule has 12 nitrogen and oxygen atoms in total. The maximum Gasteiger partial charge on any atom is 0.414 e. The minimum absolute atomic E-state index is 0.00252. The first kappa shape index (κ1) is 23.8. The van der Waals surface area contributed by atoms with Gasteiger partial charge in [-0.3, -0.25) is 19.6 Å². The molecular formula is C23H26N7O5+. The topological polar surface area (TPSA) is 132 Å². The third-order valence-corrected chi connectivity index (χ3v) is 5.52. The number of fused-ring (bicyclic) bond motifs is 1. The third kappa shape index (κ3) is 5.11. The number of ether oxygens (including phenoxy) is 2. The molecule has 3 heterocycles. The molecule has 2 unspecified atom stereocenters. The van der Waals surface area contributed by atoms with Gasteiger partial charge in [0.05, 0.1) is 19.9 Å². The Bertz CT molecular complexity index is 1180. The fourth-order valence-corrected chi connectivity index (χ4v) is 3.64. The van der Waals surface area contributed by atoms with Gasteiger partial charge in [-0.15, -0.1) is 5.10 Å². The highest BCUT2D eigenvalue weighted by atomic mass is 16.5. The number of nitrogens with one attached hydrogen (secondary N) is 1. The third-order valence-electron chi connectivity index (χ3n) is 5.52. The molecule has 1 fully saturated rings. The van der Waals surface area contributed by atoms with Crippen molar-refractivity contribution in [3.05, 3.63) is 54.4 Å². The van der Waals surface area contributed by atoms with Crippen molar-refractivity contribution in [1.29, 1.82) is 0 Å². The van der Waals surface area contributed by atoms with E-state index in [9.17, 15) is 14.7 Å². The van der Waals surface area contributed by atoms with Crippen LogP contribution in [0.15, 0.2) is 58.9 Å². The second kappa shape index (κ2) is 10.3. The normalized spacial score (nSPS) is 18.6. The van der Waals surface area contributed by atoms with Gasteiger partial charge in [0, 0.05) is 26.5 Å². The molecule has 35 heavy (non-hydrogen) atoms. The lowest BCUT2D eigenvalue weighted by Gasteiger charge is -2.32. The number of urea groups is 1. The van der Waals surface area contributed by atoms with Crippen molar-refractivity contribution in [2.75, 3.05) is 34.4 Å². The van der Waals surface area contributed by atoms with Gasteiger partial charge < -0.3 is 14.6 Å². The van der Waals surface area contributed by atoms with Gasteiger partial charge in [0.15, 0.2) is 0 Å². The molecule has 1 saturated heterocycles. The number of carbonyl (C=O) groups excluding carboxylic acids is 2. The van der Waals surface area contributed by atoms with Crippen molar-refractivity contribution in [2.24, 2.45) is 10.1 Å². The van der Waals surface area contributed by atoms with Crippen molar-refractivity contribution >= 4 is 29.9 Å². The zero-order valence-corrected chi connectivity index (χ0v) is 19.5. The highest BCUT2D eigenvalue weighted by Crippen LogP contribution is 2.20. The van der Waals surface area contributed by atoms with Gasteiger partial charge in [0.25, 0.3) is 5.91 Å². The number of likely N-dealkylation sites (N-methyl/N-ethyl adjacent to an activating group) is 2. The number of imide groups is 1. The predicted molar refractivity (Wildman–Crippen MR) is 127 cm³/mol. The number of pyridine rings is 1. The number of aliphatic hydroxyl groups is 1. The van der Waals surface area contributed by atoms with Gasteiger partial charge in [0.1, 0.15) is 24.2 Å². The van der Waals surface area contributed by atoms with Gasteiger partial charge in [0.2, 0.25) is 11.9 Å². The minimum Gasteiger partial charge on any atom is -0.497 e. The summed E-state index contributed by atoms with van der Waals surface area (Å²) >= 11 is 0. The number of amidine groups is 1. The molecule has 0 radical (unpaired) electrons. The zero-order chi connectivity index (χ0) is 24.9. The maximum absolute atomic E-state index is 13.0. The number of amides is 3. The maximum atomic E-state index is 13.0. The van der Waals surface area contributed by atoms with E-state index in [0.29, 0.717) is 11.5 Å². The van der Waals surface area contributed by atoms with Crippen molar-refractivity contribution in [3.63, 3.8) is 0 Å². The van der Waals surface area contributed by atoms with E-state index >= 15 is 0 Å². The SMILES string of the molecule is COc1ccc(OCC(O)C[N+]2=C(N/N=C/c3ccncc3)N=C3C2C(=O)N(C)C(=O)N3C)cc1. The molecule has 0 bridgehead atoms. The number of hydrogen-bond acceptors (Lipinski definition) is 9. The van der Waals surface area contributed by atoms with Crippen LogP contribution in [0.5, 0.6) is 11.5 Å². The van der Waals surface area contributed by atoms with E-state index in [2.05, 4.69) is 20.5 Å². The van der Waals surface area contributed by atoms with Gasteiger partial charge in [-0.25, -0.2) is 9.37 Å². The second-order valence-electron chi connectivity index (χ2n) is 7.88. The zero-order valence-electron chi connectivity index (χ0n) is 19.5. The Labute approximate surface area is 201 Å². The molecule has 2 atom stereocenters. The Hall–Kier alpha value is -4.32. The molecule has 2 aliphatic heterocycles. The molecule has 1 aromatic carbocycles. The number of hydrazone groups is 1. The fourth-order valence-electron chi connectivity index (χ4n) is 3.64. The number of guanidine groups is 1. The highest BCUT2D eigenvalue weighted by Gasteiger charge is 2.51. The number of aromatic nitrogens is 1.